The number of nitrogens with one attached hydrogen (secondary N) is 1. The Balaban J connectivity index is 0.00000196. The van der Waals surface area contributed by atoms with Crippen molar-refractivity contribution in [3.8, 4) is 0 Å². The summed E-state index contributed by atoms with van der Waals surface area (Å²) >= 11 is 0. The number of rotatable bonds is 5. The SMILES string of the molecule is O=C(CCC[NH+]1CCc2oc3ccccc3c2C1)c1ccc(F)cc1.[Cl-]. The first-order valence-corrected chi connectivity index (χ1v) is 8.82. The van der Waals surface area contributed by atoms with Gasteiger partial charge in [-0.05, 0) is 30.3 Å². The first kappa shape index (κ1) is 18.6. The van der Waals surface area contributed by atoms with Crippen LogP contribution in [0.5, 0.6) is 0 Å². The summed E-state index contributed by atoms with van der Waals surface area (Å²) in [7, 11) is 0. The molecule has 136 valence electrons. The number of quaternary nitrogens is 1. The van der Waals surface area contributed by atoms with Crippen LogP contribution < -0.4 is 17.3 Å². The lowest BCUT2D eigenvalue weighted by atomic mass is 10.0. The standard InChI is InChI=1S/C21H20FNO2.ClH/c22-16-9-7-15(8-10-16)19(24)5-3-12-23-13-11-21-18(14-23)17-4-1-2-6-20(17)25-21;/h1-2,4,6-10H,3,5,11-14H2;1H. The molecule has 1 aromatic heterocycles. The van der Waals surface area contributed by atoms with Gasteiger partial charge in [0.2, 0.25) is 0 Å². The minimum atomic E-state index is -0.308. The van der Waals surface area contributed by atoms with E-state index in [1.54, 1.807) is 12.1 Å². The van der Waals surface area contributed by atoms with Crippen LogP contribution in [0.2, 0.25) is 0 Å². The van der Waals surface area contributed by atoms with Crippen molar-refractivity contribution in [3.63, 3.8) is 0 Å². The second-order valence-corrected chi connectivity index (χ2v) is 6.71. The van der Waals surface area contributed by atoms with Crippen molar-refractivity contribution in [2.45, 2.75) is 25.8 Å². The monoisotopic (exact) mass is 373 g/mol. The molecule has 0 radical (unpaired) electrons. The molecular formula is C21H21ClFNO2. The molecule has 4 rings (SSSR count). The van der Waals surface area contributed by atoms with Gasteiger partial charge in [0.25, 0.3) is 0 Å². The Bertz CT molecular complexity index is 904. The smallest absolute Gasteiger partial charge is 0.163 e. The molecule has 0 fully saturated rings. The Hall–Kier alpha value is -2.17. The van der Waals surface area contributed by atoms with E-state index in [1.807, 2.05) is 18.2 Å². The predicted octanol–water partition coefficient (Wildman–Crippen LogP) is 0.180. The summed E-state index contributed by atoms with van der Waals surface area (Å²) in [5, 5.41) is 1.22. The molecule has 3 aromatic rings. The summed E-state index contributed by atoms with van der Waals surface area (Å²) in [6.45, 7) is 2.96. The Morgan fingerprint density at radius 2 is 1.88 bits per heavy atom. The van der Waals surface area contributed by atoms with E-state index in [-0.39, 0.29) is 24.0 Å². The van der Waals surface area contributed by atoms with Gasteiger partial charge in [-0.1, -0.05) is 18.2 Å². The van der Waals surface area contributed by atoms with E-state index in [9.17, 15) is 9.18 Å². The Morgan fingerprint density at radius 3 is 2.69 bits per heavy atom. The van der Waals surface area contributed by atoms with E-state index in [0.29, 0.717) is 12.0 Å². The van der Waals surface area contributed by atoms with Gasteiger partial charge in [-0.25, -0.2) is 4.39 Å². The number of Topliss-reactive ketones (excluding diaryl/α,β-unsaturated/α-hetero) is 1. The maximum atomic E-state index is 12.9. The number of carbonyl (C=O) groups is 1. The zero-order chi connectivity index (χ0) is 17.2. The number of carbonyl (C=O) groups excluding carboxylic acids is 1. The zero-order valence-electron chi connectivity index (χ0n) is 14.4. The van der Waals surface area contributed by atoms with Crippen LogP contribution in [0.3, 0.4) is 0 Å². The molecule has 1 atom stereocenters. The minimum Gasteiger partial charge on any atom is -1.00 e. The third kappa shape index (κ3) is 3.81. The highest BCUT2D eigenvalue weighted by Crippen LogP contribution is 2.26. The van der Waals surface area contributed by atoms with Gasteiger partial charge < -0.3 is 21.7 Å². The van der Waals surface area contributed by atoms with Crippen LogP contribution in [0.15, 0.2) is 52.9 Å². The lowest BCUT2D eigenvalue weighted by Crippen LogP contribution is -3.11. The molecule has 2 heterocycles. The van der Waals surface area contributed by atoms with E-state index in [0.717, 1.165) is 43.8 Å². The molecular weight excluding hydrogens is 353 g/mol. The van der Waals surface area contributed by atoms with Crippen molar-refractivity contribution in [1.82, 2.24) is 0 Å². The Labute approximate surface area is 158 Å². The van der Waals surface area contributed by atoms with Crippen LogP contribution in [-0.4, -0.2) is 18.9 Å². The van der Waals surface area contributed by atoms with Crippen LogP contribution >= 0.6 is 0 Å². The maximum Gasteiger partial charge on any atom is 0.163 e. The molecule has 26 heavy (non-hydrogen) atoms. The average molecular weight is 374 g/mol. The van der Waals surface area contributed by atoms with Crippen molar-refractivity contribution in [3.05, 3.63) is 71.2 Å². The van der Waals surface area contributed by atoms with Crippen molar-refractivity contribution >= 4 is 16.8 Å². The topological polar surface area (TPSA) is 34.7 Å². The lowest BCUT2D eigenvalue weighted by molar-refractivity contribution is -0.916. The second kappa shape index (κ2) is 8.02. The van der Waals surface area contributed by atoms with E-state index < -0.39 is 0 Å². The minimum absolute atomic E-state index is 0. The lowest BCUT2D eigenvalue weighted by Gasteiger charge is -2.23. The van der Waals surface area contributed by atoms with Gasteiger partial charge in [-0.2, -0.15) is 0 Å². The fourth-order valence-electron chi connectivity index (χ4n) is 3.67. The van der Waals surface area contributed by atoms with Gasteiger partial charge >= 0.3 is 0 Å². The molecule has 5 heteroatoms. The van der Waals surface area contributed by atoms with E-state index >= 15 is 0 Å². The normalized spacial score (nSPS) is 16.1. The van der Waals surface area contributed by atoms with E-state index in [1.165, 1.54) is 28.0 Å². The number of hydrogen-bond donors (Lipinski definition) is 1. The number of halogens is 2. The highest BCUT2D eigenvalue weighted by atomic mass is 35.5. The van der Waals surface area contributed by atoms with Crippen LogP contribution in [0.4, 0.5) is 4.39 Å². The highest BCUT2D eigenvalue weighted by molar-refractivity contribution is 5.95. The molecule has 0 spiro atoms. The molecule has 3 nitrogen and oxygen atoms in total. The number of fused-ring (bicyclic) bond motifs is 3. The molecule has 0 saturated heterocycles. The summed E-state index contributed by atoms with van der Waals surface area (Å²) in [5.74, 6) is 0.899. The Morgan fingerprint density at radius 1 is 1.12 bits per heavy atom. The maximum absolute atomic E-state index is 12.9. The second-order valence-electron chi connectivity index (χ2n) is 6.71. The molecule has 1 aliphatic heterocycles. The summed E-state index contributed by atoms with van der Waals surface area (Å²) in [5.41, 5.74) is 2.89. The molecule has 2 aromatic carbocycles. The van der Waals surface area contributed by atoms with Gasteiger partial charge in [-0.3, -0.25) is 4.79 Å². The largest absolute Gasteiger partial charge is 1.00 e. The van der Waals surface area contributed by atoms with Gasteiger partial charge in [0, 0.05) is 23.8 Å². The van der Waals surface area contributed by atoms with Crippen molar-refractivity contribution < 1.29 is 30.9 Å². The third-order valence-corrected chi connectivity index (χ3v) is 5.01. The number of furan rings is 1. The molecule has 0 aliphatic carbocycles. The van der Waals surface area contributed by atoms with Crippen LogP contribution in [0.25, 0.3) is 11.0 Å². The van der Waals surface area contributed by atoms with Crippen molar-refractivity contribution in [2.24, 2.45) is 0 Å². The van der Waals surface area contributed by atoms with Gasteiger partial charge in [0.15, 0.2) is 5.78 Å². The summed E-state index contributed by atoms with van der Waals surface area (Å²) in [4.78, 5) is 13.7. The fraction of sp³-hybridized carbons (Fsp3) is 0.286. The average Bonchev–Trinajstić information content (AvgIpc) is 3.00. The molecule has 1 unspecified atom stereocenters. The predicted molar refractivity (Wildman–Crippen MR) is 94.3 cm³/mol. The van der Waals surface area contributed by atoms with Crippen LogP contribution in [0.1, 0.15) is 34.5 Å². The van der Waals surface area contributed by atoms with Crippen molar-refractivity contribution in [1.29, 1.82) is 0 Å². The zero-order valence-corrected chi connectivity index (χ0v) is 15.2. The fourth-order valence-corrected chi connectivity index (χ4v) is 3.67. The summed E-state index contributed by atoms with van der Waals surface area (Å²) < 4.78 is 18.9. The third-order valence-electron chi connectivity index (χ3n) is 5.01. The highest BCUT2D eigenvalue weighted by Gasteiger charge is 2.25. The number of benzene rings is 2. The van der Waals surface area contributed by atoms with Crippen molar-refractivity contribution in [2.75, 3.05) is 13.1 Å². The molecule has 0 bridgehead atoms. The van der Waals surface area contributed by atoms with Gasteiger partial charge in [-0.15, -0.1) is 0 Å². The van der Waals surface area contributed by atoms with Crippen LogP contribution in [-0.2, 0) is 13.0 Å². The summed E-state index contributed by atoms with van der Waals surface area (Å²) in [6.07, 6.45) is 2.30. The van der Waals surface area contributed by atoms with E-state index in [2.05, 4.69) is 6.07 Å². The van der Waals surface area contributed by atoms with Crippen LogP contribution in [0, 0.1) is 5.82 Å². The summed E-state index contributed by atoms with van der Waals surface area (Å²) in [6, 6.07) is 14.0. The number of ketones is 1. The van der Waals surface area contributed by atoms with Gasteiger partial charge in [0.1, 0.15) is 23.7 Å². The molecule has 0 saturated carbocycles. The Kier molecular flexibility index (Phi) is 5.74. The first-order chi connectivity index (χ1) is 12.2. The molecule has 1 N–H and O–H groups in total. The molecule has 0 amide bonds. The van der Waals surface area contributed by atoms with Gasteiger partial charge in [0.05, 0.1) is 25.1 Å². The number of para-hydroxylation sites is 1. The van der Waals surface area contributed by atoms with E-state index in [4.69, 9.17) is 4.42 Å². The quantitative estimate of drug-likeness (QED) is 0.648. The molecule has 1 aliphatic rings. The first-order valence-electron chi connectivity index (χ1n) is 8.82. The number of hydrogen-bond acceptors (Lipinski definition) is 2.